The fraction of sp³-hybridized carbons (Fsp3) is 0.191. The SMILES string of the molecule is [2H]C(C)(C)c1cc(-c2[c-]cc(F)c(-c3ccccc3)c2)nc[c]1[Ge]([CH3])([CH3])[CH3].[2H]C([2H])([2H])c1ccc2ccc3nc(-c4[c-]ccc5c4oc4nc(C#N)ccc45)n(-c4c(C(C)C)cc(-c5ccc6ccccc6c5)cc4C(C)C)c3c2n1.[Ir]. The van der Waals surface area contributed by atoms with Gasteiger partial charge in [0.1, 0.15) is 11.8 Å². The van der Waals surface area contributed by atoms with Crippen molar-refractivity contribution in [3.05, 3.63) is 204 Å². The molecule has 5 aromatic heterocycles. The Morgan fingerprint density at radius 3 is 2.13 bits per heavy atom. The van der Waals surface area contributed by atoms with Crippen LogP contribution in [0.4, 0.5) is 4.39 Å². The monoisotopic (exact) mass is 1270 g/mol. The molecule has 5 heterocycles. The Labute approximate surface area is 477 Å². The summed E-state index contributed by atoms with van der Waals surface area (Å²) in [5.41, 5.74) is 12.9. The second-order valence-corrected chi connectivity index (χ2v) is 32.1. The zero-order valence-corrected chi connectivity index (χ0v) is 49.5. The number of halogens is 1. The Hall–Kier alpha value is -7.61. The van der Waals surface area contributed by atoms with Crippen molar-refractivity contribution >= 4 is 72.4 Å². The van der Waals surface area contributed by atoms with Gasteiger partial charge in [0.2, 0.25) is 5.71 Å². The van der Waals surface area contributed by atoms with Crippen LogP contribution < -0.4 is 4.40 Å². The maximum absolute atomic E-state index is 14.4. The number of nitriles is 1. The summed E-state index contributed by atoms with van der Waals surface area (Å²) in [4.78, 5) is 19.2. The third-order valence-corrected chi connectivity index (χ3v) is 18.6. The van der Waals surface area contributed by atoms with Gasteiger partial charge in [0.25, 0.3) is 0 Å². The first-order valence-corrected chi connectivity index (χ1v) is 33.3. The quantitative estimate of drug-likeness (QED) is 0.106. The van der Waals surface area contributed by atoms with E-state index in [0.29, 0.717) is 44.8 Å². The molecule has 0 saturated carbocycles. The van der Waals surface area contributed by atoms with Crippen LogP contribution in [0.3, 0.4) is 0 Å². The number of hydrogen-bond donors (Lipinski definition) is 0. The van der Waals surface area contributed by atoms with Crippen LogP contribution in [-0.2, 0) is 20.1 Å². The molecule has 0 spiro atoms. The Bertz CT molecular complexity index is 4450. The average Bonchev–Trinajstić information content (AvgIpc) is 4.25. The number of fused-ring (bicyclic) bond motifs is 7. The van der Waals surface area contributed by atoms with Gasteiger partial charge >= 0.3 is 160 Å². The van der Waals surface area contributed by atoms with Crippen LogP contribution in [0.5, 0.6) is 0 Å². The summed E-state index contributed by atoms with van der Waals surface area (Å²) in [7, 11) is 0. The maximum atomic E-state index is 14.4. The first kappa shape index (κ1) is 48.7. The molecule has 0 bridgehead atoms. The molecule has 0 atom stereocenters. The Balaban J connectivity index is 0.000000227. The van der Waals surface area contributed by atoms with Gasteiger partial charge in [-0.3, -0.25) is 9.97 Å². The van der Waals surface area contributed by atoms with Gasteiger partial charge in [-0.05, 0) is 94.2 Å². The standard InChI is InChI=1S/C45H34N5O.C23H25FGeN.Ir/c1-25(2)37-22-32(31-16-15-28-9-6-7-10-30(28)21-31)23-38(26(3)4)41(37)50-42-39(20-17-29-14-13-27(5)47-40(29)42)49-44(50)36-12-8-11-34-35-19-18-33(24-46)48-45(35)51-43(34)36;1-16(2)19-14-23(26-15-22(19)25(3,4)5)18-11-12-21(24)20(13-18)17-9-7-6-8-10-17;/h6-11,13-23,25-26H,1-5H3;6-10,12-16H,1-5H3;/q2*-1;/i5D3;16D;. The smallest absolute Gasteiger partial charge is 0.217 e. The molecule has 0 fully saturated rings. The summed E-state index contributed by atoms with van der Waals surface area (Å²) in [6, 6.07) is 57.4. The van der Waals surface area contributed by atoms with Crippen molar-refractivity contribution in [2.45, 2.75) is 83.4 Å². The largest absolute Gasteiger partial charge is 0.486 e. The Morgan fingerprint density at radius 1 is 0.705 bits per heavy atom. The van der Waals surface area contributed by atoms with Gasteiger partial charge in [0.05, 0.1) is 28.0 Å². The maximum Gasteiger partial charge on any atom is 0.217 e. The van der Waals surface area contributed by atoms with Crippen molar-refractivity contribution in [2.24, 2.45) is 0 Å². The van der Waals surface area contributed by atoms with Crippen LogP contribution in [0.1, 0.15) is 92.8 Å². The van der Waals surface area contributed by atoms with Crippen molar-refractivity contribution < 1.29 is 34.4 Å². The Kier molecular flexibility index (Phi) is 13.5. The first-order valence-electron chi connectivity index (χ1n) is 28.0. The number of furan rings is 1. The van der Waals surface area contributed by atoms with Crippen LogP contribution in [0.2, 0.25) is 17.3 Å². The van der Waals surface area contributed by atoms with E-state index in [9.17, 15) is 9.65 Å². The molecule has 12 rings (SSSR count). The molecule has 10 heteroatoms. The van der Waals surface area contributed by atoms with Crippen LogP contribution in [-0.4, -0.2) is 37.8 Å². The van der Waals surface area contributed by atoms with E-state index in [1.54, 1.807) is 18.2 Å². The van der Waals surface area contributed by atoms with E-state index in [4.69, 9.17) is 19.9 Å². The van der Waals surface area contributed by atoms with E-state index in [-0.39, 0.29) is 49.1 Å². The van der Waals surface area contributed by atoms with E-state index < -0.39 is 26.0 Å². The summed E-state index contributed by atoms with van der Waals surface area (Å²) < 4.78 is 57.5. The molecule has 1 radical (unpaired) electrons. The second kappa shape index (κ2) is 21.7. The minimum atomic E-state index is -2.40. The van der Waals surface area contributed by atoms with Crippen LogP contribution in [0.15, 0.2) is 162 Å². The number of rotatable bonds is 9. The van der Waals surface area contributed by atoms with Crippen molar-refractivity contribution in [3.8, 4) is 56.7 Å². The number of benzene rings is 7. The molecule has 0 amide bonds. The van der Waals surface area contributed by atoms with Gasteiger partial charge in [-0.15, -0.1) is 18.2 Å². The van der Waals surface area contributed by atoms with Gasteiger partial charge in [-0.1, -0.05) is 87.2 Å². The minimum Gasteiger partial charge on any atom is -0.486 e. The third-order valence-electron chi connectivity index (χ3n) is 14.3. The van der Waals surface area contributed by atoms with E-state index >= 15 is 0 Å². The first-order chi connectivity index (χ1) is 38.6. The van der Waals surface area contributed by atoms with Gasteiger partial charge < -0.3 is 8.98 Å². The fourth-order valence-electron chi connectivity index (χ4n) is 10.4. The predicted octanol–water partition coefficient (Wildman–Crippen LogP) is 17.6. The van der Waals surface area contributed by atoms with Crippen molar-refractivity contribution in [1.29, 1.82) is 5.26 Å². The predicted molar refractivity (Wildman–Crippen MR) is 317 cm³/mol. The molecule has 389 valence electrons. The molecular formula is C68H59FGeIrN6O-2. The average molecular weight is 1260 g/mol. The molecule has 0 aliphatic carbocycles. The third kappa shape index (κ3) is 10.1. The number of imidazole rings is 1. The summed E-state index contributed by atoms with van der Waals surface area (Å²) in [6.45, 7) is 10.2. The summed E-state index contributed by atoms with van der Waals surface area (Å²) in [5.74, 6) is 6.66. The van der Waals surface area contributed by atoms with E-state index in [1.165, 1.54) is 21.2 Å². The summed E-state index contributed by atoms with van der Waals surface area (Å²) in [5, 5.41) is 14.3. The minimum absolute atomic E-state index is 0. The molecule has 12 aromatic rings. The van der Waals surface area contributed by atoms with Crippen LogP contribution in [0.25, 0.3) is 105 Å². The van der Waals surface area contributed by atoms with E-state index in [2.05, 4.69) is 132 Å². The molecule has 0 N–H and O–H groups in total. The number of hydrogen-bond acceptors (Lipinski definition) is 6. The summed E-state index contributed by atoms with van der Waals surface area (Å²) >= 11 is -2.17. The molecule has 0 unspecified atom stereocenters. The normalized spacial score (nSPS) is 12.8. The Morgan fingerprint density at radius 2 is 1.42 bits per heavy atom. The number of pyridine rings is 3. The second-order valence-electron chi connectivity index (χ2n) is 21.5. The molecule has 0 aliphatic rings. The molecule has 0 aliphatic heterocycles. The van der Waals surface area contributed by atoms with Crippen molar-refractivity contribution in [1.82, 2.24) is 24.5 Å². The van der Waals surface area contributed by atoms with E-state index in [1.807, 2.05) is 92.8 Å². The zero-order valence-electron chi connectivity index (χ0n) is 49.0. The number of aryl methyl sites for hydroxylation is 1. The van der Waals surface area contributed by atoms with Crippen LogP contribution in [0, 0.1) is 36.1 Å². The van der Waals surface area contributed by atoms with E-state index in [0.717, 1.165) is 66.5 Å². The topological polar surface area (TPSA) is 93.4 Å². The zero-order chi connectivity index (χ0) is 57.3. The van der Waals surface area contributed by atoms with Gasteiger partial charge in [-0.2, -0.15) is 5.26 Å². The van der Waals surface area contributed by atoms with Gasteiger partial charge in [0, 0.05) is 46.4 Å². The van der Waals surface area contributed by atoms with Gasteiger partial charge in [0.15, 0.2) is 0 Å². The van der Waals surface area contributed by atoms with Gasteiger partial charge in [-0.25, -0.2) is 4.98 Å². The summed E-state index contributed by atoms with van der Waals surface area (Å²) in [6.07, 6.45) is 1.93. The molecule has 0 saturated heterocycles. The van der Waals surface area contributed by atoms with Crippen LogP contribution >= 0.6 is 0 Å². The fourth-order valence-corrected chi connectivity index (χ4v) is 13.7. The number of aromatic nitrogens is 5. The van der Waals surface area contributed by atoms with Crippen molar-refractivity contribution in [2.75, 3.05) is 0 Å². The molecular weight excluding hydrogens is 1200 g/mol. The van der Waals surface area contributed by atoms with Crippen molar-refractivity contribution in [3.63, 3.8) is 0 Å². The molecule has 7 aromatic carbocycles. The molecule has 78 heavy (non-hydrogen) atoms. The molecule has 7 nitrogen and oxygen atoms in total. The number of nitrogens with zero attached hydrogens (tertiary/aromatic N) is 6.